The maximum absolute atomic E-state index is 4.91. The smallest absolute Gasteiger partial charge is 0.138 e. The first kappa shape index (κ1) is 16.4. The van der Waals surface area contributed by atoms with Crippen molar-refractivity contribution in [3.8, 4) is 22.8 Å². The predicted molar refractivity (Wildman–Crippen MR) is 124 cm³/mol. The van der Waals surface area contributed by atoms with Gasteiger partial charge >= 0.3 is 0 Å². The van der Waals surface area contributed by atoms with Crippen molar-refractivity contribution in [2.75, 3.05) is 0 Å². The maximum Gasteiger partial charge on any atom is 0.138 e. The van der Waals surface area contributed by atoms with Crippen LogP contribution in [0.5, 0.6) is 0 Å². The fourth-order valence-corrected chi connectivity index (χ4v) is 4.26. The van der Waals surface area contributed by atoms with Crippen LogP contribution >= 0.6 is 0 Å². The average molecular weight is 400 g/mol. The van der Waals surface area contributed by atoms with Crippen LogP contribution in [0.3, 0.4) is 0 Å². The van der Waals surface area contributed by atoms with E-state index in [-0.39, 0.29) is 0 Å². The van der Waals surface area contributed by atoms with E-state index in [0.29, 0.717) is 0 Å². The van der Waals surface area contributed by atoms with E-state index in [1.54, 1.807) is 6.33 Å². The van der Waals surface area contributed by atoms with Crippen molar-refractivity contribution in [3.05, 3.63) is 79.1 Å². The van der Waals surface area contributed by atoms with Crippen molar-refractivity contribution in [3.63, 3.8) is 0 Å². The summed E-state index contributed by atoms with van der Waals surface area (Å²) in [5.74, 6) is 1.68. The number of fused-ring (bicyclic) bond motifs is 5. The standard InChI is InChI=1S/C25H16N6/c1-2-4-17-14(3-1)5-10-20-23(17)31-25(29-20)16-7-9-19-22(12-16)30-24(28-19)15-6-8-18-21(11-15)27-13-26-18/h1-13H,(H,26,27)(H,28,30)(H,29,31). The van der Waals surface area contributed by atoms with Gasteiger partial charge in [-0.3, -0.25) is 0 Å². The van der Waals surface area contributed by atoms with Gasteiger partial charge in [-0.25, -0.2) is 15.0 Å². The van der Waals surface area contributed by atoms with Crippen molar-refractivity contribution in [1.82, 2.24) is 29.9 Å². The second kappa shape index (κ2) is 6.03. The average Bonchev–Trinajstić information content (AvgIpc) is 3.55. The van der Waals surface area contributed by atoms with E-state index in [1.165, 1.54) is 5.39 Å². The minimum absolute atomic E-state index is 0.833. The summed E-state index contributed by atoms with van der Waals surface area (Å²) >= 11 is 0. The third-order valence-electron chi connectivity index (χ3n) is 5.83. The lowest BCUT2D eigenvalue weighted by atomic mass is 10.1. The number of imidazole rings is 3. The fraction of sp³-hybridized carbons (Fsp3) is 0. The minimum atomic E-state index is 0.833. The van der Waals surface area contributed by atoms with Gasteiger partial charge in [0.15, 0.2) is 0 Å². The van der Waals surface area contributed by atoms with Gasteiger partial charge in [0.25, 0.3) is 0 Å². The van der Waals surface area contributed by atoms with E-state index in [1.807, 2.05) is 18.2 Å². The van der Waals surface area contributed by atoms with Gasteiger partial charge in [-0.05, 0) is 47.9 Å². The lowest BCUT2D eigenvalue weighted by Crippen LogP contribution is -1.81. The predicted octanol–water partition coefficient (Wildman–Crippen LogP) is 5.80. The SMILES string of the molecule is c1ccc2c(c1)ccc1[nH]c(-c3ccc4nc(-c5ccc6nc[nH]c6c5)[nH]c4c3)nc12. The van der Waals surface area contributed by atoms with E-state index in [0.717, 1.165) is 61.3 Å². The Kier molecular flexibility index (Phi) is 3.18. The Morgan fingerprint density at radius 3 is 2.32 bits per heavy atom. The Labute approximate surface area is 176 Å². The molecule has 0 spiro atoms. The number of nitrogens with one attached hydrogen (secondary N) is 3. The van der Waals surface area contributed by atoms with Crippen LogP contribution in [0.1, 0.15) is 0 Å². The van der Waals surface area contributed by atoms with Crippen LogP contribution in [0.2, 0.25) is 0 Å². The van der Waals surface area contributed by atoms with Gasteiger partial charge in [0.05, 0.1) is 39.4 Å². The molecular weight excluding hydrogens is 384 g/mol. The number of nitrogens with zero attached hydrogens (tertiary/aromatic N) is 3. The zero-order valence-corrected chi connectivity index (χ0v) is 16.3. The first-order valence-electron chi connectivity index (χ1n) is 10.1. The highest BCUT2D eigenvalue weighted by molar-refractivity contribution is 6.05. The van der Waals surface area contributed by atoms with Crippen LogP contribution in [0.25, 0.3) is 66.6 Å². The molecule has 31 heavy (non-hydrogen) atoms. The largest absolute Gasteiger partial charge is 0.345 e. The zero-order chi connectivity index (χ0) is 20.4. The first-order valence-corrected chi connectivity index (χ1v) is 10.1. The molecule has 6 nitrogen and oxygen atoms in total. The maximum atomic E-state index is 4.91. The molecule has 7 aromatic rings. The quantitative estimate of drug-likeness (QED) is 0.343. The molecule has 3 heterocycles. The summed E-state index contributed by atoms with van der Waals surface area (Å²) in [4.78, 5) is 24.0. The van der Waals surface area contributed by atoms with Gasteiger partial charge in [0, 0.05) is 16.5 Å². The number of hydrogen-bond acceptors (Lipinski definition) is 3. The monoisotopic (exact) mass is 400 g/mol. The van der Waals surface area contributed by atoms with E-state index < -0.39 is 0 Å². The fourth-order valence-electron chi connectivity index (χ4n) is 4.26. The number of rotatable bonds is 2. The molecule has 0 saturated heterocycles. The van der Waals surface area contributed by atoms with E-state index in [4.69, 9.17) is 9.97 Å². The van der Waals surface area contributed by atoms with Gasteiger partial charge in [-0.1, -0.05) is 30.3 Å². The van der Waals surface area contributed by atoms with Crippen molar-refractivity contribution in [2.45, 2.75) is 0 Å². The summed E-state index contributed by atoms with van der Waals surface area (Å²) in [5.41, 5.74) is 7.90. The molecule has 7 rings (SSSR count). The second-order valence-electron chi connectivity index (χ2n) is 7.72. The summed E-state index contributed by atoms with van der Waals surface area (Å²) < 4.78 is 0. The van der Waals surface area contributed by atoms with Gasteiger partial charge in [0.1, 0.15) is 11.6 Å². The van der Waals surface area contributed by atoms with Gasteiger partial charge in [0.2, 0.25) is 0 Å². The highest BCUT2D eigenvalue weighted by Crippen LogP contribution is 2.29. The summed E-state index contributed by atoms with van der Waals surface area (Å²) in [6.45, 7) is 0. The molecule has 0 bridgehead atoms. The number of benzene rings is 4. The molecule has 6 heteroatoms. The Morgan fingerprint density at radius 2 is 1.39 bits per heavy atom. The third-order valence-corrected chi connectivity index (χ3v) is 5.83. The van der Waals surface area contributed by atoms with Crippen LogP contribution in [0.15, 0.2) is 79.1 Å². The Morgan fingerprint density at radius 1 is 0.613 bits per heavy atom. The number of aromatic amines is 3. The molecule has 0 aliphatic heterocycles. The zero-order valence-electron chi connectivity index (χ0n) is 16.3. The summed E-state index contributed by atoms with van der Waals surface area (Å²) in [5, 5.41) is 2.34. The van der Waals surface area contributed by atoms with Crippen molar-refractivity contribution >= 4 is 43.9 Å². The first-order chi connectivity index (χ1) is 15.3. The number of H-pyrrole nitrogens is 3. The van der Waals surface area contributed by atoms with Crippen molar-refractivity contribution in [2.24, 2.45) is 0 Å². The van der Waals surface area contributed by atoms with Crippen LogP contribution in [-0.2, 0) is 0 Å². The molecule has 0 radical (unpaired) electrons. The molecule has 4 aromatic carbocycles. The minimum Gasteiger partial charge on any atom is -0.345 e. The molecule has 0 amide bonds. The second-order valence-corrected chi connectivity index (χ2v) is 7.72. The number of hydrogen-bond donors (Lipinski definition) is 3. The summed E-state index contributed by atoms with van der Waals surface area (Å²) in [6, 6.07) is 24.8. The van der Waals surface area contributed by atoms with Crippen LogP contribution in [0.4, 0.5) is 0 Å². The van der Waals surface area contributed by atoms with Crippen LogP contribution in [-0.4, -0.2) is 29.9 Å². The summed E-state index contributed by atoms with van der Waals surface area (Å²) in [7, 11) is 0. The molecule has 146 valence electrons. The number of aromatic nitrogens is 6. The van der Waals surface area contributed by atoms with Crippen molar-refractivity contribution < 1.29 is 0 Å². The topological polar surface area (TPSA) is 86.0 Å². The van der Waals surface area contributed by atoms with Crippen LogP contribution in [0, 0.1) is 0 Å². The molecule has 0 aliphatic rings. The molecule has 0 atom stereocenters. The molecule has 0 unspecified atom stereocenters. The lowest BCUT2D eigenvalue weighted by Gasteiger charge is -1.97. The third kappa shape index (κ3) is 2.48. The normalized spacial score (nSPS) is 11.9. The van der Waals surface area contributed by atoms with Gasteiger partial charge < -0.3 is 15.0 Å². The van der Waals surface area contributed by atoms with Gasteiger partial charge in [-0.15, -0.1) is 0 Å². The molecule has 3 aromatic heterocycles. The molecule has 0 fully saturated rings. The molecule has 0 saturated carbocycles. The molecule has 3 N–H and O–H groups in total. The van der Waals surface area contributed by atoms with Crippen LogP contribution < -0.4 is 0 Å². The Bertz CT molecular complexity index is 1750. The summed E-state index contributed by atoms with van der Waals surface area (Å²) in [6.07, 6.45) is 1.70. The lowest BCUT2D eigenvalue weighted by molar-refractivity contribution is 1.33. The molecule has 0 aliphatic carbocycles. The Balaban J connectivity index is 1.35. The van der Waals surface area contributed by atoms with Gasteiger partial charge in [-0.2, -0.15) is 0 Å². The Hall–Kier alpha value is -4.45. The van der Waals surface area contributed by atoms with Crippen molar-refractivity contribution in [1.29, 1.82) is 0 Å². The van der Waals surface area contributed by atoms with E-state index >= 15 is 0 Å². The van der Waals surface area contributed by atoms with E-state index in [9.17, 15) is 0 Å². The highest BCUT2D eigenvalue weighted by Gasteiger charge is 2.11. The highest BCUT2D eigenvalue weighted by atomic mass is 14.9. The van der Waals surface area contributed by atoms with E-state index in [2.05, 4.69) is 74.5 Å². The molecular formula is C25H16N6.